The molecule has 0 N–H and O–H groups in total. The van der Waals surface area contributed by atoms with Crippen molar-refractivity contribution >= 4 is 11.6 Å². The lowest BCUT2D eigenvalue weighted by Crippen LogP contribution is -2.39. The van der Waals surface area contributed by atoms with Crippen LogP contribution in [0.5, 0.6) is 0 Å². The fourth-order valence-electron chi connectivity index (χ4n) is 3.93. The van der Waals surface area contributed by atoms with E-state index in [-0.39, 0.29) is 0 Å². The molecule has 29 heavy (non-hydrogen) atoms. The van der Waals surface area contributed by atoms with E-state index in [0.717, 1.165) is 35.9 Å². The average Bonchev–Trinajstić information content (AvgIpc) is 3.14. The van der Waals surface area contributed by atoms with Gasteiger partial charge in [-0.05, 0) is 70.2 Å². The maximum absolute atomic E-state index is 6.26. The number of nitrogens with zero attached hydrogens (tertiary/aromatic N) is 4. The SMILES string of the molecule is CC(Cn1ccnc1Cc1ccc(Cl)cc1COCCN(C)C)N1CCCCC1. The molecule has 1 unspecified atom stereocenters. The Balaban J connectivity index is 1.65. The fraction of sp³-hybridized carbons (Fsp3) is 0.609. The molecule has 1 aromatic carbocycles. The molecule has 1 saturated heterocycles. The van der Waals surface area contributed by atoms with Crippen LogP contribution in [0, 0.1) is 0 Å². The number of imidazole rings is 1. The van der Waals surface area contributed by atoms with E-state index in [1.165, 1.54) is 37.9 Å². The lowest BCUT2D eigenvalue weighted by atomic mass is 10.0. The second kappa shape index (κ2) is 11.1. The zero-order valence-corrected chi connectivity index (χ0v) is 18.9. The molecular formula is C23H35ClN4O. The summed E-state index contributed by atoms with van der Waals surface area (Å²) in [7, 11) is 4.11. The summed E-state index contributed by atoms with van der Waals surface area (Å²) in [6.07, 6.45) is 8.84. The van der Waals surface area contributed by atoms with E-state index >= 15 is 0 Å². The van der Waals surface area contributed by atoms with Crippen molar-refractivity contribution in [2.45, 2.75) is 51.8 Å². The van der Waals surface area contributed by atoms with Crippen LogP contribution in [-0.2, 0) is 24.3 Å². The predicted octanol–water partition coefficient (Wildman–Crippen LogP) is 4.08. The Morgan fingerprint density at radius 1 is 1.17 bits per heavy atom. The second-order valence-corrected chi connectivity index (χ2v) is 8.82. The summed E-state index contributed by atoms with van der Waals surface area (Å²) in [5.74, 6) is 1.10. The summed E-state index contributed by atoms with van der Waals surface area (Å²) >= 11 is 6.26. The summed E-state index contributed by atoms with van der Waals surface area (Å²) in [5, 5.41) is 0.752. The normalized spacial score (nSPS) is 16.4. The number of likely N-dealkylation sites (N-methyl/N-ethyl adjacent to an activating group) is 1. The van der Waals surface area contributed by atoms with Crippen LogP contribution < -0.4 is 0 Å². The Kier molecular flexibility index (Phi) is 8.54. The van der Waals surface area contributed by atoms with E-state index in [1.54, 1.807) is 0 Å². The molecule has 0 bridgehead atoms. The quantitative estimate of drug-likeness (QED) is 0.544. The topological polar surface area (TPSA) is 33.5 Å². The van der Waals surface area contributed by atoms with Gasteiger partial charge < -0.3 is 14.2 Å². The van der Waals surface area contributed by atoms with Crippen LogP contribution in [0.25, 0.3) is 0 Å². The van der Waals surface area contributed by atoms with Crippen molar-refractivity contribution in [3.05, 3.63) is 52.6 Å². The minimum absolute atomic E-state index is 0.530. The highest BCUT2D eigenvalue weighted by atomic mass is 35.5. The number of rotatable bonds is 10. The van der Waals surface area contributed by atoms with E-state index in [2.05, 4.69) is 52.6 Å². The summed E-state index contributed by atoms with van der Waals surface area (Å²) in [5.41, 5.74) is 2.38. The molecule has 1 fully saturated rings. The van der Waals surface area contributed by atoms with Gasteiger partial charge in [0.05, 0.1) is 13.2 Å². The van der Waals surface area contributed by atoms with E-state index in [1.807, 2.05) is 18.3 Å². The third-order valence-corrected chi connectivity index (χ3v) is 5.97. The van der Waals surface area contributed by atoms with Gasteiger partial charge in [-0.15, -0.1) is 0 Å². The van der Waals surface area contributed by atoms with Gasteiger partial charge in [0, 0.05) is 43.0 Å². The van der Waals surface area contributed by atoms with Crippen molar-refractivity contribution in [1.29, 1.82) is 0 Å². The van der Waals surface area contributed by atoms with Gasteiger partial charge in [-0.1, -0.05) is 24.1 Å². The van der Waals surface area contributed by atoms with E-state index in [4.69, 9.17) is 16.3 Å². The molecule has 0 aliphatic carbocycles. The lowest BCUT2D eigenvalue weighted by Gasteiger charge is -2.32. The Hall–Kier alpha value is -1.40. The smallest absolute Gasteiger partial charge is 0.113 e. The third-order valence-electron chi connectivity index (χ3n) is 5.73. The average molecular weight is 419 g/mol. The van der Waals surface area contributed by atoms with E-state index in [0.29, 0.717) is 19.3 Å². The molecule has 3 rings (SSSR count). The first-order chi connectivity index (χ1) is 14.0. The molecule has 6 heteroatoms. The number of piperidine rings is 1. The van der Waals surface area contributed by atoms with Crippen LogP contribution in [0.3, 0.4) is 0 Å². The zero-order chi connectivity index (χ0) is 20.6. The molecular weight excluding hydrogens is 384 g/mol. The standard InChI is InChI=1S/C23H35ClN4O/c1-19(27-10-5-4-6-11-27)17-28-12-9-25-23(28)16-20-7-8-22(24)15-21(20)18-29-14-13-26(2)3/h7-9,12,15,19H,4-6,10-11,13-14,16-18H2,1-3H3. The van der Waals surface area contributed by atoms with Crippen molar-refractivity contribution in [2.24, 2.45) is 0 Å². The first kappa shape index (κ1) is 22.3. The Labute approximate surface area is 180 Å². The molecule has 160 valence electrons. The van der Waals surface area contributed by atoms with Crippen LogP contribution in [0.4, 0.5) is 0 Å². The van der Waals surface area contributed by atoms with Crippen LogP contribution >= 0.6 is 11.6 Å². The zero-order valence-electron chi connectivity index (χ0n) is 18.1. The van der Waals surface area contributed by atoms with Crippen LogP contribution in [0.2, 0.25) is 5.02 Å². The molecule has 0 spiro atoms. The van der Waals surface area contributed by atoms with Gasteiger partial charge in [0.25, 0.3) is 0 Å². The molecule has 1 aliphatic heterocycles. The van der Waals surface area contributed by atoms with Crippen molar-refractivity contribution in [3.8, 4) is 0 Å². The first-order valence-electron chi connectivity index (χ1n) is 10.8. The first-order valence-corrected chi connectivity index (χ1v) is 11.1. The highest BCUT2D eigenvalue weighted by Gasteiger charge is 2.18. The van der Waals surface area contributed by atoms with Crippen molar-refractivity contribution in [2.75, 3.05) is 40.3 Å². The molecule has 1 aliphatic rings. The highest BCUT2D eigenvalue weighted by molar-refractivity contribution is 6.30. The summed E-state index contributed by atoms with van der Waals surface area (Å²) in [6, 6.07) is 6.63. The monoisotopic (exact) mass is 418 g/mol. The van der Waals surface area contributed by atoms with Crippen molar-refractivity contribution in [3.63, 3.8) is 0 Å². The third kappa shape index (κ3) is 6.82. The number of halogens is 1. The Morgan fingerprint density at radius 2 is 1.97 bits per heavy atom. The summed E-state index contributed by atoms with van der Waals surface area (Å²) in [6.45, 7) is 7.96. The van der Waals surface area contributed by atoms with Gasteiger partial charge >= 0.3 is 0 Å². The number of aromatic nitrogens is 2. The van der Waals surface area contributed by atoms with E-state index in [9.17, 15) is 0 Å². The van der Waals surface area contributed by atoms with Gasteiger partial charge in [0.1, 0.15) is 5.82 Å². The molecule has 2 heterocycles. The highest BCUT2D eigenvalue weighted by Crippen LogP contribution is 2.21. The maximum atomic E-state index is 6.26. The molecule has 5 nitrogen and oxygen atoms in total. The molecule has 1 atom stereocenters. The van der Waals surface area contributed by atoms with Gasteiger partial charge in [-0.3, -0.25) is 4.90 Å². The van der Waals surface area contributed by atoms with Crippen LogP contribution in [0.1, 0.15) is 43.1 Å². The largest absolute Gasteiger partial charge is 0.375 e. The second-order valence-electron chi connectivity index (χ2n) is 8.39. The molecule has 0 radical (unpaired) electrons. The van der Waals surface area contributed by atoms with Gasteiger partial charge in [-0.2, -0.15) is 0 Å². The van der Waals surface area contributed by atoms with Gasteiger partial charge in [0.2, 0.25) is 0 Å². The van der Waals surface area contributed by atoms with Gasteiger partial charge in [0.15, 0.2) is 0 Å². The van der Waals surface area contributed by atoms with Crippen LogP contribution in [0.15, 0.2) is 30.6 Å². The number of likely N-dealkylation sites (tertiary alicyclic amines) is 1. The Morgan fingerprint density at radius 3 is 2.72 bits per heavy atom. The molecule has 1 aromatic heterocycles. The van der Waals surface area contributed by atoms with Crippen LogP contribution in [-0.4, -0.2) is 65.7 Å². The van der Waals surface area contributed by atoms with Crippen molar-refractivity contribution in [1.82, 2.24) is 19.4 Å². The minimum atomic E-state index is 0.530. The Bertz CT molecular complexity index is 755. The predicted molar refractivity (Wildman–Crippen MR) is 120 cm³/mol. The minimum Gasteiger partial charge on any atom is -0.375 e. The molecule has 0 saturated carbocycles. The lowest BCUT2D eigenvalue weighted by molar-refractivity contribution is 0.105. The van der Waals surface area contributed by atoms with Gasteiger partial charge in [-0.25, -0.2) is 4.98 Å². The van der Waals surface area contributed by atoms with Crippen molar-refractivity contribution < 1.29 is 4.74 Å². The molecule has 2 aromatic rings. The number of hydrogen-bond donors (Lipinski definition) is 0. The molecule has 0 amide bonds. The summed E-state index contributed by atoms with van der Waals surface area (Å²) in [4.78, 5) is 9.39. The number of benzene rings is 1. The number of hydrogen-bond acceptors (Lipinski definition) is 4. The van der Waals surface area contributed by atoms with E-state index < -0.39 is 0 Å². The summed E-state index contributed by atoms with van der Waals surface area (Å²) < 4.78 is 8.20. The fourth-order valence-corrected chi connectivity index (χ4v) is 4.13. The maximum Gasteiger partial charge on any atom is 0.113 e. The number of ether oxygens (including phenoxy) is 1.